The molecule has 5 heteroatoms. The van der Waals surface area contributed by atoms with Crippen molar-refractivity contribution in [2.24, 2.45) is 0 Å². The highest BCUT2D eigenvalue weighted by Crippen LogP contribution is 2.17. The van der Waals surface area contributed by atoms with Gasteiger partial charge in [-0.05, 0) is 35.7 Å². The Morgan fingerprint density at radius 3 is 3.00 bits per heavy atom. The molecule has 18 heavy (non-hydrogen) atoms. The monoisotopic (exact) mass is 265 g/mol. The van der Waals surface area contributed by atoms with Gasteiger partial charge in [-0.25, -0.2) is 4.98 Å². The molecule has 4 nitrogen and oxygen atoms in total. The molecule has 2 heterocycles. The van der Waals surface area contributed by atoms with Crippen molar-refractivity contribution in [2.45, 2.75) is 26.4 Å². The van der Waals surface area contributed by atoms with Gasteiger partial charge < -0.3 is 14.6 Å². The maximum Gasteiger partial charge on any atom is 0.203 e. The highest BCUT2D eigenvalue weighted by atomic mass is 32.1. The third-order valence-electron chi connectivity index (χ3n) is 2.95. The minimum Gasteiger partial charge on any atom is -0.383 e. The molecule has 0 aromatic carbocycles. The van der Waals surface area contributed by atoms with E-state index >= 15 is 0 Å². The zero-order valence-electron chi connectivity index (χ0n) is 11.0. The second-order valence-electron chi connectivity index (χ2n) is 4.40. The second-order valence-corrected chi connectivity index (χ2v) is 5.14. The molecule has 0 aliphatic heterocycles. The summed E-state index contributed by atoms with van der Waals surface area (Å²) in [6.45, 7) is 5.74. The van der Waals surface area contributed by atoms with Crippen LogP contribution in [0.5, 0.6) is 0 Å². The maximum atomic E-state index is 5.18. The molecule has 0 aliphatic rings. The average molecular weight is 265 g/mol. The van der Waals surface area contributed by atoms with Gasteiger partial charge in [0.1, 0.15) is 0 Å². The van der Waals surface area contributed by atoms with Crippen molar-refractivity contribution in [2.75, 3.05) is 19.0 Å². The van der Waals surface area contributed by atoms with Crippen LogP contribution in [0.3, 0.4) is 0 Å². The molecule has 0 amide bonds. The molecule has 0 fully saturated rings. The molecule has 0 aliphatic carbocycles. The van der Waals surface area contributed by atoms with Gasteiger partial charge in [0.15, 0.2) is 0 Å². The Balaban J connectivity index is 2.02. The lowest BCUT2D eigenvalue weighted by Gasteiger charge is -2.16. The van der Waals surface area contributed by atoms with Crippen LogP contribution in [0.25, 0.3) is 0 Å². The highest BCUT2D eigenvalue weighted by Gasteiger charge is 2.09. The lowest BCUT2D eigenvalue weighted by atomic mass is 10.2. The van der Waals surface area contributed by atoms with Crippen LogP contribution in [-0.2, 0) is 11.3 Å². The number of anilines is 1. The Morgan fingerprint density at radius 1 is 1.50 bits per heavy atom. The van der Waals surface area contributed by atoms with Crippen LogP contribution >= 0.6 is 11.3 Å². The number of thiophene rings is 1. The van der Waals surface area contributed by atoms with E-state index in [0.29, 0.717) is 6.61 Å². The predicted octanol–water partition coefficient (Wildman–Crippen LogP) is 3.07. The van der Waals surface area contributed by atoms with Crippen LogP contribution in [0.1, 0.15) is 24.1 Å². The van der Waals surface area contributed by atoms with E-state index in [0.717, 1.165) is 12.5 Å². The highest BCUT2D eigenvalue weighted by molar-refractivity contribution is 7.08. The number of ether oxygens (including phenoxy) is 1. The van der Waals surface area contributed by atoms with E-state index in [1.165, 1.54) is 11.1 Å². The third kappa shape index (κ3) is 2.91. The van der Waals surface area contributed by atoms with Gasteiger partial charge in [0.05, 0.1) is 12.6 Å². The van der Waals surface area contributed by atoms with Gasteiger partial charge in [-0.1, -0.05) is 0 Å². The average Bonchev–Trinajstić information content (AvgIpc) is 2.95. The molecule has 98 valence electrons. The molecular formula is C13H19N3OS. The van der Waals surface area contributed by atoms with Crippen LogP contribution in [0.4, 0.5) is 5.95 Å². The van der Waals surface area contributed by atoms with Crippen molar-refractivity contribution in [3.05, 3.63) is 34.3 Å². The Hall–Kier alpha value is -1.33. The van der Waals surface area contributed by atoms with E-state index in [4.69, 9.17) is 4.74 Å². The zero-order chi connectivity index (χ0) is 13.0. The first-order chi connectivity index (χ1) is 8.72. The summed E-state index contributed by atoms with van der Waals surface area (Å²) in [5, 5.41) is 7.72. The predicted molar refractivity (Wildman–Crippen MR) is 75.2 cm³/mol. The molecule has 0 saturated heterocycles. The standard InChI is InChI=1S/C13H19N3OS/c1-10-8-18-9-12(10)6-15-13-14-4-5-16(13)11(2)7-17-3/h4-5,8-9,11H,6-7H2,1-3H3,(H,14,15). The summed E-state index contributed by atoms with van der Waals surface area (Å²) in [5.41, 5.74) is 2.66. The van der Waals surface area contributed by atoms with Gasteiger partial charge in [-0.15, -0.1) is 0 Å². The molecule has 1 N–H and O–H groups in total. The number of aromatic nitrogens is 2. The maximum absolute atomic E-state index is 5.18. The topological polar surface area (TPSA) is 39.1 Å². The molecule has 0 spiro atoms. The van der Waals surface area contributed by atoms with E-state index < -0.39 is 0 Å². The SMILES string of the molecule is COCC(C)n1ccnc1NCc1cscc1C. The summed E-state index contributed by atoms with van der Waals surface area (Å²) < 4.78 is 7.28. The number of hydrogen-bond donors (Lipinski definition) is 1. The number of nitrogens with zero attached hydrogens (tertiary/aromatic N) is 2. The molecule has 0 bridgehead atoms. The fourth-order valence-corrected chi connectivity index (χ4v) is 2.73. The van der Waals surface area contributed by atoms with Crippen LogP contribution in [0.2, 0.25) is 0 Å². The van der Waals surface area contributed by atoms with Gasteiger partial charge in [0.2, 0.25) is 5.95 Å². The van der Waals surface area contributed by atoms with Crippen molar-refractivity contribution >= 4 is 17.3 Å². The minimum absolute atomic E-state index is 0.281. The first kappa shape index (κ1) is 13.1. The lowest BCUT2D eigenvalue weighted by molar-refractivity contribution is 0.163. The van der Waals surface area contributed by atoms with Gasteiger partial charge in [-0.3, -0.25) is 0 Å². The molecule has 2 aromatic heterocycles. The smallest absolute Gasteiger partial charge is 0.203 e. The summed E-state index contributed by atoms with van der Waals surface area (Å²) in [7, 11) is 1.72. The molecule has 0 radical (unpaired) electrons. The number of hydrogen-bond acceptors (Lipinski definition) is 4. The van der Waals surface area contributed by atoms with E-state index in [-0.39, 0.29) is 6.04 Å². The number of methoxy groups -OCH3 is 1. The minimum atomic E-state index is 0.281. The van der Waals surface area contributed by atoms with Crippen molar-refractivity contribution in [1.82, 2.24) is 9.55 Å². The van der Waals surface area contributed by atoms with Gasteiger partial charge in [-0.2, -0.15) is 11.3 Å². The number of aryl methyl sites for hydroxylation is 1. The normalized spacial score (nSPS) is 12.6. The Morgan fingerprint density at radius 2 is 2.33 bits per heavy atom. The van der Waals surface area contributed by atoms with Crippen LogP contribution in [0, 0.1) is 6.92 Å². The Kier molecular flexibility index (Phi) is 4.38. The lowest BCUT2D eigenvalue weighted by Crippen LogP contribution is -2.14. The molecule has 2 rings (SSSR count). The summed E-state index contributed by atoms with van der Waals surface area (Å²) in [6.07, 6.45) is 3.79. The molecule has 2 aromatic rings. The quantitative estimate of drug-likeness (QED) is 0.872. The van der Waals surface area contributed by atoms with E-state index in [1.54, 1.807) is 18.4 Å². The Bertz CT molecular complexity index is 492. The fraction of sp³-hybridized carbons (Fsp3) is 0.462. The summed E-state index contributed by atoms with van der Waals surface area (Å²) in [4.78, 5) is 4.35. The van der Waals surface area contributed by atoms with Crippen LogP contribution < -0.4 is 5.32 Å². The van der Waals surface area contributed by atoms with Crippen molar-refractivity contribution < 1.29 is 4.74 Å². The number of imidazole rings is 1. The van der Waals surface area contributed by atoms with Gasteiger partial charge in [0.25, 0.3) is 0 Å². The Labute approximate surface area is 112 Å². The molecule has 1 unspecified atom stereocenters. The first-order valence-electron chi connectivity index (χ1n) is 5.99. The molecule has 1 atom stereocenters. The summed E-state index contributed by atoms with van der Waals surface area (Å²) >= 11 is 1.73. The van der Waals surface area contributed by atoms with E-state index in [9.17, 15) is 0 Å². The van der Waals surface area contributed by atoms with Gasteiger partial charge >= 0.3 is 0 Å². The largest absolute Gasteiger partial charge is 0.383 e. The number of rotatable bonds is 6. The second kappa shape index (κ2) is 6.02. The van der Waals surface area contributed by atoms with E-state index in [2.05, 4.69) is 39.5 Å². The van der Waals surface area contributed by atoms with Crippen molar-refractivity contribution in [1.29, 1.82) is 0 Å². The van der Waals surface area contributed by atoms with Crippen LogP contribution in [-0.4, -0.2) is 23.3 Å². The third-order valence-corrected chi connectivity index (χ3v) is 3.86. The zero-order valence-corrected chi connectivity index (χ0v) is 11.8. The molecular weight excluding hydrogens is 246 g/mol. The molecule has 0 saturated carbocycles. The van der Waals surface area contributed by atoms with Crippen molar-refractivity contribution in [3.63, 3.8) is 0 Å². The van der Waals surface area contributed by atoms with Crippen LogP contribution in [0.15, 0.2) is 23.2 Å². The summed E-state index contributed by atoms with van der Waals surface area (Å²) in [5.74, 6) is 0.894. The van der Waals surface area contributed by atoms with Crippen molar-refractivity contribution in [3.8, 4) is 0 Å². The van der Waals surface area contributed by atoms with Gasteiger partial charge in [0, 0.05) is 26.0 Å². The number of nitrogens with one attached hydrogen (secondary N) is 1. The van der Waals surface area contributed by atoms with E-state index in [1.807, 2.05) is 12.4 Å². The summed E-state index contributed by atoms with van der Waals surface area (Å²) in [6, 6.07) is 0.281. The fourth-order valence-electron chi connectivity index (χ4n) is 1.87. The first-order valence-corrected chi connectivity index (χ1v) is 6.94.